The maximum Gasteiger partial charge on any atom is 0.107 e. The molecule has 0 amide bonds. The van der Waals surface area contributed by atoms with E-state index >= 15 is 0 Å². The average molecular weight is 229 g/mol. The van der Waals surface area contributed by atoms with Gasteiger partial charge >= 0.3 is 0 Å². The zero-order chi connectivity index (χ0) is 11.8. The molecule has 4 nitrogen and oxygen atoms in total. The van der Waals surface area contributed by atoms with Crippen LogP contribution in [0, 0.1) is 6.92 Å². The fourth-order valence-electron chi connectivity index (χ4n) is 2.76. The number of aromatic nitrogens is 2. The van der Waals surface area contributed by atoms with Crippen molar-refractivity contribution in [2.45, 2.75) is 32.2 Å². The largest absolute Gasteiger partial charge is 0.411 e. The molecule has 0 saturated heterocycles. The number of nitrogens with zero attached hydrogens (tertiary/aromatic N) is 3. The third kappa shape index (κ3) is 1.52. The first-order valence-electron chi connectivity index (χ1n) is 5.95. The van der Waals surface area contributed by atoms with Crippen molar-refractivity contribution in [2.24, 2.45) is 5.16 Å². The Balaban J connectivity index is 2.20. The van der Waals surface area contributed by atoms with Crippen LogP contribution in [-0.4, -0.2) is 20.5 Å². The van der Waals surface area contributed by atoms with Gasteiger partial charge in [-0.1, -0.05) is 17.3 Å². The van der Waals surface area contributed by atoms with Crippen LogP contribution >= 0.6 is 0 Å². The summed E-state index contributed by atoms with van der Waals surface area (Å²) in [6.07, 6.45) is 2.99. The summed E-state index contributed by atoms with van der Waals surface area (Å²) >= 11 is 0. The van der Waals surface area contributed by atoms with Crippen molar-refractivity contribution in [3.8, 4) is 0 Å². The summed E-state index contributed by atoms with van der Waals surface area (Å²) in [5.74, 6) is 0.985. The van der Waals surface area contributed by atoms with Gasteiger partial charge in [-0.3, -0.25) is 0 Å². The van der Waals surface area contributed by atoms with Gasteiger partial charge in [-0.25, -0.2) is 4.98 Å². The van der Waals surface area contributed by atoms with E-state index in [9.17, 15) is 0 Å². The molecular formula is C13H15N3O. The Morgan fingerprint density at radius 3 is 3.06 bits per heavy atom. The number of hydrogen-bond donors (Lipinski definition) is 1. The Morgan fingerprint density at radius 2 is 2.24 bits per heavy atom. The van der Waals surface area contributed by atoms with Crippen LogP contribution in [0.2, 0.25) is 0 Å². The molecule has 3 rings (SSSR count). The van der Waals surface area contributed by atoms with Gasteiger partial charge in [0.15, 0.2) is 0 Å². The molecule has 1 aromatic heterocycles. The molecule has 88 valence electrons. The van der Waals surface area contributed by atoms with Crippen molar-refractivity contribution in [3.63, 3.8) is 0 Å². The minimum absolute atomic E-state index is 0.174. The van der Waals surface area contributed by atoms with E-state index in [1.807, 2.05) is 25.1 Å². The van der Waals surface area contributed by atoms with E-state index in [0.717, 1.165) is 41.8 Å². The van der Waals surface area contributed by atoms with Crippen LogP contribution < -0.4 is 0 Å². The SMILES string of the molecule is Cc1nc2ccccc2n1C1CCC/C1=N\O. The monoisotopic (exact) mass is 229 g/mol. The molecule has 1 aliphatic rings. The summed E-state index contributed by atoms with van der Waals surface area (Å²) in [5.41, 5.74) is 3.00. The Bertz CT molecular complexity index is 585. The number of aryl methyl sites for hydroxylation is 1. The number of benzene rings is 1. The van der Waals surface area contributed by atoms with Gasteiger partial charge in [-0.2, -0.15) is 0 Å². The van der Waals surface area contributed by atoms with Gasteiger partial charge in [0.25, 0.3) is 0 Å². The van der Waals surface area contributed by atoms with E-state index in [1.54, 1.807) is 0 Å². The Hall–Kier alpha value is -1.84. The normalized spacial score (nSPS) is 22.6. The minimum Gasteiger partial charge on any atom is -0.411 e. The van der Waals surface area contributed by atoms with E-state index in [0.29, 0.717) is 0 Å². The number of fused-ring (bicyclic) bond motifs is 1. The lowest BCUT2D eigenvalue weighted by atomic mass is 10.2. The summed E-state index contributed by atoms with van der Waals surface area (Å²) in [6.45, 7) is 2.01. The molecule has 2 aromatic rings. The third-order valence-electron chi connectivity index (χ3n) is 3.51. The minimum atomic E-state index is 0.174. The van der Waals surface area contributed by atoms with Crippen molar-refractivity contribution in [1.82, 2.24) is 9.55 Å². The van der Waals surface area contributed by atoms with Crippen LogP contribution in [0.3, 0.4) is 0 Å². The predicted molar refractivity (Wildman–Crippen MR) is 66.6 cm³/mol. The van der Waals surface area contributed by atoms with Gasteiger partial charge in [0.1, 0.15) is 5.82 Å². The van der Waals surface area contributed by atoms with E-state index in [2.05, 4.69) is 20.8 Å². The molecule has 1 unspecified atom stereocenters. The topological polar surface area (TPSA) is 50.4 Å². The molecular weight excluding hydrogens is 214 g/mol. The third-order valence-corrected chi connectivity index (χ3v) is 3.51. The fraction of sp³-hybridized carbons (Fsp3) is 0.385. The highest BCUT2D eigenvalue weighted by Gasteiger charge is 2.27. The zero-order valence-corrected chi connectivity index (χ0v) is 9.80. The Kier molecular flexibility index (Phi) is 2.35. The summed E-state index contributed by atoms with van der Waals surface area (Å²) in [6, 6.07) is 8.28. The van der Waals surface area contributed by atoms with E-state index < -0.39 is 0 Å². The van der Waals surface area contributed by atoms with Gasteiger partial charge in [-0.05, 0) is 38.3 Å². The molecule has 1 fully saturated rings. The first-order chi connectivity index (χ1) is 8.31. The van der Waals surface area contributed by atoms with Crippen LogP contribution in [0.1, 0.15) is 31.1 Å². The summed E-state index contributed by atoms with van der Waals surface area (Å²) in [5, 5.41) is 12.5. The lowest BCUT2D eigenvalue weighted by Gasteiger charge is -2.15. The number of imidazole rings is 1. The molecule has 0 radical (unpaired) electrons. The van der Waals surface area contributed by atoms with Crippen LogP contribution in [0.15, 0.2) is 29.4 Å². The predicted octanol–water partition coefficient (Wildman–Crippen LogP) is 2.90. The first kappa shape index (κ1) is 10.3. The highest BCUT2D eigenvalue weighted by Crippen LogP contribution is 2.31. The van der Waals surface area contributed by atoms with Gasteiger partial charge in [-0.15, -0.1) is 0 Å². The number of oxime groups is 1. The first-order valence-corrected chi connectivity index (χ1v) is 5.95. The van der Waals surface area contributed by atoms with E-state index in [4.69, 9.17) is 5.21 Å². The second kappa shape index (κ2) is 3.87. The second-order valence-corrected chi connectivity index (χ2v) is 4.52. The lowest BCUT2D eigenvalue weighted by Crippen LogP contribution is -2.15. The molecule has 1 heterocycles. The molecule has 1 atom stereocenters. The van der Waals surface area contributed by atoms with Crippen LogP contribution in [0.5, 0.6) is 0 Å². The van der Waals surface area contributed by atoms with E-state index in [-0.39, 0.29) is 6.04 Å². The van der Waals surface area contributed by atoms with Gasteiger partial charge in [0.05, 0.1) is 22.8 Å². The molecule has 0 bridgehead atoms. The number of para-hydroxylation sites is 2. The molecule has 4 heteroatoms. The standard InChI is InChI=1S/C13H15N3O/c1-9-14-10-5-2-3-7-12(10)16(9)13-8-4-6-11(13)15-17/h2-3,5,7,13,17H,4,6,8H2,1H3/b15-11+. The Labute approximate surface area is 99.6 Å². The maximum atomic E-state index is 9.05. The van der Waals surface area contributed by atoms with Crippen molar-refractivity contribution < 1.29 is 5.21 Å². The average Bonchev–Trinajstić information content (AvgIpc) is 2.90. The Morgan fingerprint density at radius 1 is 1.41 bits per heavy atom. The summed E-state index contributed by atoms with van der Waals surface area (Å²) < 4.78 is 2.19. The fourth-order valence-corrected chi connectivity index (χ4v) is 2.76. The molecule has 1 aromatic carbocycles. The molecule has 1 saturated carbocycles. The van der Waals surface area contributed by atoms with Crippen LogP contribution in [0.25, 0.3) is 11.0 Å². The van der Waals surface area contributed by atoms with Crippen LogP contribution in [0.4, 0.5) is 0 Å². The summed E-state index contributed by atoms with van der Waals surface area (Å²) in [4.78, 5) is 4.55. The molecule has 1 aliphatic carbocycles. The van der Waals surface area contributed by atoms with Crippen molar-refractivity contribution in [2.75, 3.05) is 0 Å². The van der Waals surface area contributed by atoms with Crippen LogP contribution in [-0.2, 0) is 0 Å². The molecule has 1 N–H and O–H groups in total. The van der Waals surface area contributed by atoms with Crippen molar-refractivity contribution in [3.05, 3.63) is 30.1 Å². The number of hydrogen-bond acceptors (Lipinski definition) is 3. The maximum absolute atomic E-state index is 9.05. The van der Waals surface area contributed by atoms with Gasteiger partial charge in [0.2, 0.25) is 0 Å². The zero-order valence-electron chi connectivity index (χ0n) is 9.80. The quantitative estimate of drug-likeness (QED) is 0.603. The van der Waals surface area contributed by atoms with E-state index in [1.165, 1.54) is 0 Å². The van der Waals surface area contributed by atoms with Crippen molar-refractivity contribution in [1.29, 1.82) is 0 Å². The lowest BCUT2D eigenvalue weighted by molar-refractivity contribution is 0.315. The van der Waals surface area contributed by atoms with Crippen molar-refractivity contribution >= 4 is 16.7 Å². The molecule has 0 spiro atoms. The van der Waals surface area contributed by atoms with Gasteiger partial charge in [0, 0.05) is 0 Å². The highest BCUT2D eigenvalue weighted by atomic mass is 16.4. The smallest absolute Gasteiger partial charge is 0.107 e. The molecule has 0 aliphatic heterocycles. The molecule has 17 heavy (non-hydrogen) atoms. The highest BCUT2D eigenvalue weighted by molar-refractivity contribution is 5.91. The second-order valence-electron chi connectivity index (χ2n) is 4.52. The van der Waals surface area contributed by atoms with Gasteiger partial charge < -0.3 is 9.77 Å². The summed E-state index contributed by atoms with van der Waals surface area (Å²) in [7, 11) is 0. The number of rotatable bonds is 1.